The molecule has 1 aliphatic heterocycles. The van der Waals surface area contributed by atoms with Crippen molar-refractivity contribution < 1.29 is 14.3 Å². The zero-order valence-electron chi connectivity index (χ0n) is 17.8. The normalized spacial score (nSPS) is 17.4. The molecule has 9 heteroatoms. The van der Waals surface area contributed by atoms with Crippen LogP contribution >= 0.6 is 24.0 Å². The van der Waals surface area contributed by atoms with Crippen LogP contribution in [0.3, 0.4) is 0 Å². The van der Waals surface area contributed by atoms with Gasteiger partial charge in [-0.3, -0.25) is 10.1 Å². The first-order valence-corrected chi connectivity index (χ1v) is 11.2. The minimum absolute atomic E-state index is 0. The van der Waals surface area contributed by atoms with Crippen LogP contribution in [0.15, 0.2) is 42.6 Å². The topological polar surface area (TPSA) is 83.6 Å². The van der Waals surface area contributed by atoms with Gasteiger partial charge in [-0.1, -0.05) is 36.6 Å². The number of halogens is 2. The van der Waals surface area contributed by atoms with Gasteiger partial charge in [0.1, 0.15) is 11.9 Å². The van der Waals surface area contributed by atoms with E-state index < -0.39 is 6.09 Å². The van der Waals surface area contributed by atoms with Crippen LogP contribution < -0.4 is 10.6 Å². The molecule has 2 aromatic rings. The predicted molar refractivity (Wildman–Crippen MR) is 128 cm³/mol. The summed E-state index contributed by atoms with van der Waals surface area (Å²) in [7, 11) is 0. The lowest BCUT2D eigenvalue weighted by molar-refractivity contribution is 0.0453. The van der Waals surface area contributed by atoms with E-state index in [0.29, 0.717) is 28.1 Å². The van der Waals surface area contributed by atoms with E-state index >= 15 is 0 Å². The molecule has 1 saturated heterocycles. The minimum Gasteiger partial charge on any atom is -0.446 e. The first kappa shape index (κ1) is 24.3. The van der Waals surface area contributed by atoms with E-state index in [-0.39, 0.29) is 24.4 Å². The fourth-order valence-electron chi connectivity index (χ4n) is 4.34. The maximum atomic E-state index is 12.7. The minimum atomic E-state index is -0.538. The van der Waals surface area contributed by atoms with Gasteiger partial charge in [-0.15, -0.1) is 12.4 Å². The number of piperidine rings is 1. The van der Waals surface area contributed by atoms with Crippen molar-refractivity contribution in [2.75, 3.05) is 23.7 Å². The van der Waals surface area contributed by atoms with Gasteiger partial charge in [-0.05, 0) is 49.9 Å². The van der Waals surface area contributed by atoms with Crippen molar-refractivity contribution in [3.8, 4) is 0 Å². The average Bonchev–Trinajstić information content (AvgIpc) is 3.31. The molecule has 7 nitrogen and oxygen atoms in total. The number of amides is 2. The van der Waals surface area contributed by atoms with Crippen molar-refractivity contribution in [1.29, 1.82) is 0 Å². The van der Waals surface area contributed by atoms with E-state index in [2.05, 4.69) is 20.5 Å². The Morgan fingerprint density at radius 2 is 1.72 bits per heavy atom. The number of carbonyl (C=O) groups is 2. The second-order valence-electron chi connectivity index (χ2n) is 8.07. The number of pyridine rings is 1. The highest BCUT2D eigenvalue weighted by Gasteiger charge is 2.28. The van der Waals surface area contributed by atoms with E-state index in [1.54, 1.807) is 36.4 Å². The van der Waals surface area contributed by atoms with Crippen LogP contribution in [0.2, 0.25) is 5.02 Å². The summed E-state index contributed by atoms with van der Waals surface area (Å²) in [5.41, 5.74) is 0.717. The fraction of sp³-hybridized carbons (Fsp3) is 0.435. The molecular formula is C23H28Cl2N4O3. The van der Waals surface area contributed by atoms with Crippen molar-refractivity contribution in [2.45, 2.75) is 50.7 Å². The second-order valence-corrected chi connectivity index (χ2v) is 8.50. The summed E-state index contributed by atoms with van der Waals surface area (Å²) >= 11 is 5.83. The van der Waals surface area contributed by atoms with Crippen LogP contribution in [0.1, 0.15) is 48.9 Å². The van der Waals surface area contributed by atoms with Gasteiger partial charge in [-0.25, -0.2) is 9.78 Å². The highest BCUT2D eigenvalue weighted by Crippen LogP contribution is 2.27. The molecule has 2 N–H and O–H groups in total. The summed E-state index contributed by atoms with van der Waals surface area (Å²) in [5.74, 6) is -0.00334. The van der Waals surface area contributed by atoms with E-state index in [1.807, 2.05) is 0 Å². The molecule has 0 bridgehead atoms. The van der Waals surface area contributed by atoms with Crippen LogP contribution in [0.5, 0.6) is 0 Å². The molecule has 2 heterocycles. The Morgan fingerprint density at radius 1 is 1.00 bits per heavy atom. The first-order chi connectivity index (χ1) is 15.1. The number of nitrogens with zero attached hydrogens (tertiary/aromatic N) is 2. The van der Waals surface area contributed by atoms with Crippen LogP contribution in [-0.2, 0) is 4.74 Å². The Labute approximate surface area is 199 Å². The summed E-state index contributed by atoms with van der Waals surface area (Å²) in [6.07, 6.45) is 7.72. The fourth-order valence-corrected chi connectivity index (χ4v) is 4.45. The van der Waals surface area contributed by atoms with Gasteiger partial charge in [0.05, 0.1) is 16.3 Å². The molecule has 172 valence electrons. The largest absolute Gasteiger partial charge is 0.446 e. The van der Waals surface area contributed by atoms with Crippen LogP contribution in [0.25, 0.3) is 0 Å². The van der Waals surface area contributed by atoms with E-state index in [9.17, 15) is 9.59 Å². The molecule has 1 saturated carbocycles. The highest BCUT2D eigenvalue weighted by atomic mass is 35.5. The number of rotatable bonds is 5. The third kappa shape index (κ3) is 6.34. The Balaban J connectivity index is 0.00000289. The summed E-state index contributed by atoms with van der Waals surface area (Å²) in [4.78, 5) is 31.8. The molecule has 1 aromatic heterocycles. The molecule has 0 atom stereocenters. The van der Waals surface area contributed by atoms with Crippen molar-refractivity contribution >= 4 is 47.5 Å². The molecule has 0 spiro atoms. The number of anilines is 2. The van der Waals surface area contributed by atoms with E-state index in [0.717, 1.165) is 25.9 Å². The zero-order chi connectivity index (χ0) is 21.6. The highest BCUT2D eigenvalue weighted by molar-refractivity contribution is 6.30. The number of para-hydroxylation sites is 1. The van der Waals surface area contributed by atoms with Crippen LogP contribution in [0, 0.1) is 0 Å². The molecule has 1 aliphatic carbocycles. The maximum Gasteiger partial charge on any atom is 0.411 e. The summed E-state index contributed by atoms with van der Waals surface area (Å²) < 4.78 is 5.64. The number of benzene rings is 1. The lowest BCUT2D eigenvalue weighted by Gasteiger charge is -2.35. The lowest BCUT2D eigenvalue weighted by Crippen LogP contribution is -2.43. The van der Waals surface area contributed by atoms with Crippen molar-refractivity contribution in [3.05, 3.63) is 53.2 Å². The van der Waals surface area contributed by atoms with Crippen molar-refractivity contribution in [3.63, 3.8) is 0 Å². The van der Waals surface area contributed by atoms with Gasteiger partial charge in [0.2, 0.25) is 0 Å². The van der Waals surface area contributed by atoms with Crippen molar-refractivity contribution in [1.82, 2.24) is 9.88 Å². The molecule has 0 radical (unpaired) electrons. The van der Waals surface area contributed by atoms with Gasteiger partial charge in [0.25, 0.3) is 5.91 Å². The monoisotopic (exact) mass is 478 g/mol. The van der Waals surface area contributed by atoms with Crippen molar-refractivity contribution in [2.24, 2.45) is 0 Å². The third-order valence-electron chi connectivity index (χ3n) is 5.97. The van der Waals surface area contributed by atoms with Gasteiger partial charge >= 0.3 is 6.09 Å². The summed E-state index contributed by atoms with van der Waals surface area (Å²) in [6, 6.07) is 10.8. The van der Waals surface area contributed by atoms with Gasteiger partial charge in [0.15, 0.2) is 0 Å². The third-order valence-corrected chi connectivity index (χ3v) is 6.19. The van der Waals surface area contributed by atoms with Gasteiger partial charge in [0, 0.05) is 25.3 Å². The van der Waals surface area contributed by atoms with E-state index in [4.69, 9.17) is 16.3 Å². The molecule has 32 heavy (non-hydrogen) atoms. The smallest absolute Gasteiger partial charge is 0.411 e. The Bertz CT molecular complexity index is 912. The Kier molecular flexibility index (Phi) is 8.73. The molecule has 2 fully saturated rings. The number of nitrogens with one attached hydrogen (secondary N) is 2. The number of hydrogen-bond donors (Lipinski definition) is 2. The van der Waals surface area contributed by atoms with Crippen LogP contribution in [0.4, 0.5) is 16.3 Å². The standard InChI is InChI=1S/C23H27ClN4O3.ClH/c24-16-9-10-21(25-15-16)27-22(29)19-7-3-4-8-20(19)26-23(30)31-18-11-13-28(14-12-18)17-5-1-2-6-17;/h3-4,7-10,15,17-18H,1-2,5-6,11-14H2,(H,26,30)(H,25,27,29);1H. The molecule has 0 unspecified atom stereocenters. The number of likely N-dealkylation sites (tertiary alicyclic amines) is 1. The molecular weight excluding hydrogens is 451 g/mol. The second kappa shape index (κ2) is 11.5. The first-order valence-electron chi connectivity index (χ1n) is 10.8. The summed E-state index contributed by atoms with van der Waals surface area (Å²) in [5, 5.41) is 5.91. The molecule has 4 rings (SSSR count). The summed E-state index contributed by atoms with van der Waals surface area (Å²) in [6.45, 7) is 1.94. The number of aromatic nitrogens is 1. The quantitative estimate of drug-likeness (QED) is 0.603. The molecule has 1 aromatic carbocycles. The number of carbonyl (C=O) groups excluding carboxylic acids is 2. The lowest BCUT2D eigenvalue weighted by atomic mass is 10.0. The van der Waals surface area contributed by atoms with Gasteiger partial charge in [-0.2, -0.15) is 0 Å². The zero-order valence-corrected chi connectivity index (χ0v) is 19.3. The Morgan fingerprint density at radius 3 is 2.41 bits per heavy atom. The number of ether oxygens (including phenoxy) is 1. The Hall–Kier alpha value is -2.35. The average molecular weight is 479 g/mol. The molecule has 2 amide bonds. The number of hydrogen-bond acceptors (Lipinski definition) is 5. The SMILES string of the molecule is Cl.O=C(Nc1ccccc1C(=O)Nc1ccc(Cl)cn1)OC1CCN(C2CCCC2)CC1. The molecule has 2 aliphatic rings. The van der Waals surface area contributed by atoms with E-state index in [1.165, 1.54) is 31.9 Å². The maximum absolute atomic E-state index is 12.7. The van der Waals surface area contributed by atoms with Crippen LogP contribution in [-0.4, -0.2) is 47.1 Å². The van der Waals surface area contributed by atoms with Gasteiger partial charge < -0.3 is 15.0 Å². The predicted octanol–water partition coefficient (Wildman–Crippen LogP) is 5.36.